The van der Waals surface area contributed by atoms with E-state index in [9.17, 15) is 9.59 Å². The molecule has 1 amide bonds. The van der Waals surface area contributed by atoms with Crippen LogP contribution in [0.25, 0.3) is 10.3 Å². The van der Waals surface area contributed by atoms with Gasteiger partial charge < -0.3 is 15.4 Å². The van der Waals surface area contributed by atoms with E-state index in [2.05, 4.69) is 4.98 Å². The minimum Gasteiger partial charge on any atom is -0.451 e. The Morgan fingerprint density at radius 1 is 1.08 bits per heavy atom. The molecule has 0 saturated carbocycles. The minimum absolute atomic E-state index is 0.116. The van der Waals surface area contributed by atoms with E-state index < -0.39 is 16.9 Å². The molecule has 6 rings (SSSR count). The van der Waals surface area contributed by atoms with Crippen molar-refractivity contribution < 1.29 is 14.3 Å². The Balaban J connectivity index is 1.35. The maximum atomic E-state index is 14.1. The largest absolute Gasteiger partial charge is 0.451 e. The zero-order valence-electron chi connectivity index (χ0n) is 19.0. The smallest absolute Gasteiger partial charge is 0.326 e. The van der Waals surface area contributed by atoms with Gasteiger partial charge in [0, 0.05) is 18.5 Å². The summed E-state index contributed by atoms with van der Waals surface area (Å²) in [5.41, 5.74) is 8.56. The monoisotopic (exact) mass is 534 g/mol. The van der Waals surface area contributed by atoms with Gasteiger partial charge in [-0.25, -0.2) is 9.97 Å². The van der Waals surface area contributed by atoms with Gasteiger partial charge in [0.05, 0.1) is 0 Å². The van der Waals surface area contributed by atoms with E-state index >= 15 is 0 Å². The van der Waals surface area contributed by atoms with Gasteiger partial charge in [0.1, 0.15) is 26.5 Å². The first-order valence-corrected chi connectivity index (χ1v) is 14.1. The third-order valence-electron chi connectivity index (χ3n) is 6.33. The van der Waals surface area contributed by atoms with Crippen molar-refractivity contribution in [2.75, 3.05) is 12.3 Å². The van der Waals surface area contributed by atoms with Crippen LogP contribution in [0.5, 0.6) is 0 Å². The number of thiazole rings is 1. The van der Waals surface area contributed by atoms with E-state index in [1.165, 1.54) is 34.9 Å². The SMILES string of the molecule is NC1C(=O)N2CC(Sc3nc4cccnc4s3)(C(=O)OC(c3ccccc3)c3ccccc3)CS[C@H]12. The van der Waals surface area contributed by atoms with Crippen LogP contribution < -0.4 is 5.73 Å². The summed E-state index contributed by atoms with van der Waals surface area (Å²) in [5.74, 6) is -0.0616. The summed E-state index contributed by atoms with van der Waals surface area (Å²) in [5, 5.41) is -0.116. The first-order chi connectivity index (χ1) is 17.5. The zero-order valence-corrected chi connectivity index (χ0v) is 21.5. The normalized spacial score (nSPS) is 23.4. The molecule has 0 spiro atoms. The van der Waals surface area contributed by atoms with Crippen LogP contribution in [0.1, 0.15) is 17.2 Å². The average Bonchev–Trinajstić information content (AvgIpc) is 3.34. The number of hydrogen-bond acceptors (Lipinski definition) is 9. The molecule has 10 heteroatoms. The molecular formula is C26H22N4O3S3. The molecule has 2 fully saturated rings. The quantitative estimate of drug-likeness (QED) is 0.292. The summed E-state index contributed by atoms with van der Waals surface area (Å²) in [7, 11) is 0. The lowest BCUT2D eigenvalue weighted by Crippen LogP contribution is -2.73. The fourth-order valence-corrected chi connectivity index (χ4v) is 8.55. The number of pyridine rings is 1. The van der Waals surface area contributed by atoms with Crippen molar-refractivity contribution in [2.45, 2.75) is 26.6 Å². The lowest BCUT2D eigenvalue weighted by Gasteiger charge is -2.52. The van der Waals surface area contributed by atoms with Gasteiger partial charge in [0.25, 0.3) is 0 Å². The van der Waals surface area contributed by atoms with Crippen LogP contribution in [-0.4, -0.2) is 55.2 Å². The number of rotatable bonds is 6. The molecule has 182 valence electrons. The topological polar surface area (TPSA) is 98.4 Å². The summed E-state index contributed by atoms with van der Waals surface area (Å²) in [6, 6.07) is 22.6. The Morgan fingerprint density at radius 2 is 1.78 bits per heavy atom. The minimum atomic E-state index is -1.04. The third-order valence-corrected chi connectivity index (χ3v) is 10.4. The summed E-state index contributed by atoms with van der Waals surface area (Å²) >= 11 is 4.32. The number of benzene rings is 2. The van der Waals surface area contributed by atoms with Crippen molar-refractivity contribution in [1.82, 2.24) is 14.9 Å². The van der Waals surface area contributed by atoms with E-state index in [0.717, 1.165) is 21.5 Å². The molecule has 2 N–H and O–H groups in total. The standard InChI is InChI=1S/C26H22N4O3S3/c27-19-22(31)30-14-26(15-34-23(19)30,36-25-29-18-12-7-13-28-21(18)35-25)24(32)33-20(16-8-3-1-4-9-16)17-10-5-2-6-11-17/h1-13,19-20,23H,14-15,27H2/t19?,23-,26?/m1/s1. The molecule has 2 aliphatic heterocycles. The second-order valence-corrected chi connectivity index (χ2v) is 12.4. The van der Waals surface area contributed by atoms with Gasteiger partial charge in [-0.1, -0.05) is 83.8 Å². The highest BCUT2D eigenvalue weighted by Gasteiger charge is 2.57. The number of β-lactam (4-membered cyclic amide) rings is 1. The summed E-state index contributed by atoms with van der Waals surface area (Å²) in [6.07, 6.45) is 1.15. The van der Waals surface area contributed by atoms with Crippen LogP contribution in [-0.2, 0) is 14.3 Å². The van der Waals surface area contributed by atoms with Crippen molar-refractivity contribution >= 4 is 57.1 Å². The van der Waals surface area contributed by atoms with E-state index in [0.29, 0.717) is 10.1 Å². The predicted octanol–water partition coefficient (Wildman–Crippen LogP) is 4.10. The van der Waals surface area contributed by atoms with Gasteiger partial charge in [-0.3, -0.25) is 9.59 Å². The second-order valence-electron chi connectivity index (χ2n) is 8.70. The number of carbonyl (C=O) groups excluding carboxylic acids is 2. The van der Waals surface area contributed by atoms with Crippen LogP contribution in [0, 0.1) is 0 Å². The van der Waals surface area contributed by atoms with Crippen molar-refractivity contribution in [2.24, 2.45) is 5.73 Å². The average molecular weight is 535 g/mol. The van der Waals surface area contributed by atoms with Crippen molar-refractivity contribution in [1.29, 1.82) is 0 Å². The van der Waals surface area contributed by atoms with Gasteiger partial charge in [-0.05, 0) is 23.3 Å². The summed E-state index contributed by atoms with van der Waals surface area (Å²) < 4.78 is 5.98. The van der Waals surface area contributed by atoms with Gasteiger partial charge in [-0.2, -0.15) is 0 Å². The fraction of sp³-hybridized carbons (Fsp3) is 0.231. The number of nitrogens with zero attached hydrogens (tertiary/aromatic N) is 3. The van der Waals surface area contributed by atoms with Crippen molar-refractivity contribution in [3.63, 3.8) is 0 Å². The maximum absolute atomic E-state index is 14.1. The Morgan fingerprint density at radius 3 is 2.44 bits per heavy atom. The van der Waals surface area contributed by atoms with Crippen LogP contribution in [0.4, 0.5) is 0 Å². The first kappa shape index (κ1) is 23.5. The Bertz CT molecular complexity index is 1350. The lowest BCUT2D eigenvalue weighted by atomic mass is 10.00. The maximum Gasteiger partial charge on any atom is 0.326 e. The van der Waals surface area contributed by atoms with Gasteiger partial charge in [0.2, 0.25) is 5.91 Å². The van der Waals surface area contributed by atoms with Crippen LogP contribution in [0.3, 0.4) is 0 Å². The Hall–Kier alpha value is -2.92. The highest BCUT2D eigenvalue weighted by atomic mass is 32.2. The van der Waals surface area contributed by atoms with Gasteiger partial charge >= 0.3 is 5.97 Å². The zero-order chi connectivity index (χ0) is 24.7. The molecule has 3 atom stereocenters. The second kappa shape index (κ2) is 9.51. The van der Waals surface area contributed by atoms with Crippen LogP contribution >= 0.6 is 34.9 Å². The number of esters is 1. The molecule has 2 aromatic heterocycles. The number of ether oxygens (including phenoxy) is 1. The molecule has 0 radical (unpaired) electrons. The molecular weight excluding hydrogens is 513 g/mol. The highest BCUT2D eigenvalue weighted by Crippen LogP contribution is 2.48. The molecule has 2 aliphatic rings. The number of thioether (sulfide) groups is 2. The fourth-order valence-electron chi connectivity index (χ4n) is 4.44. The summed E-state index contributed by atoms with van der Waals surface area (Å²) in [6.45, 7) is 0.223. The van der Waals surface area contributed by atoms with E-state index in [1.807, 2.05) is 72.8 Å². The van der Waals surface area contributed by atoms with Gasteiger partial charge in [0.15, 0.2) is 10.4 Å². The summed E-state index contributed by atoms with van der Waals surface area (Å²) in [4.78, 5) is 38.3. The Kier molecular flexibility index (Phi) is 6.20. The Labute approximate surface area is 220 Å². The molecule has 2 saturated heterocycles. The number of nitrogens with two attached hydrogens (primary N) is 1. The molecule has 4 aromatic rings. The van der Waals surface area contributed by atoms with Gasteiger partial charge in [-0.15, -0.1) is 11.8 Å². The highest BCUT2D eigenvalue weighted by molar-refractivity contribution is 8.06. The van der Waals surface area contributed by atoms with E-state index in [1.54, 1.807) is 11.1 Å². The van der Waals surface area contributed by atoms with E-state index in [-0.39, 0.29) is 23.8 Å². The number of amides is 1. The molecule has 2 aromatic carbocycles. The van der Waals surface area contributed by atoms with Crippen molar-refractivity contribution in [3.05, 3.63) is 90.1 Å². The number of carbonyl (C=O) groups is 2. The van der Waals surface area contributed by atoms with Crippen LogP contribution in [0.15, 0.2) is 83.3 Å². The van der Waals surface area contributed by atoms with Crippen molar-refractivity contribution in [3.8, 4) is 0 Å². The third kappa shape index (κ3) is 4.17. The molecule has 7 nitrogen and oxygen atoms in total. The predicted molar refractivity (Wildman–Crippen MR) is 143 cm³/mol. The van der Waals surface area contributed by atoms with E-state index in [4.69, 9.17) is 15.5 Å². The molecule has 0 bridgehead atoms. The molecule has 2 unspecified atom stereocenters. The first-order valence-electron chi connectivity index (χ1n) is 11.4. The molecule has 36 heavy (non-hydrogen) atoms. The number of fused-ring (bicyclic) bond motifs is 2. The molecule has 0 aliphatic carbocycles. The molecule has 4 heterocycles. The number of hydrogen-bond donors (Lipinski definition) is 1. The number of aromatic nitrogens is 2. The van der Waals surface area contributed by atoms with Crippen LogP contribution in [0.2, 0.25) is 0 Å². The lowest BCUT2D eigenvalue weighted by molar-refractivity contribution is -0.154.